The second-order valence-corrected chi connectivity index (χ2v) is 4.82. The fraction of sp³-hybridized carbons (Fsp3) is 0.818. The van der Waals surface area contributed by atoms with Crippen LogP contribution in [0, 0.1) is 11.3 Å². The van der Waals surface area contributed by atoms with Gasteiger partial charge in [0.2, 0.25) is 0 Å². The molecule has 0 heteroatoms. The van der Waals surface area contributed by atoms with Crippen molar-refractivity contribution >= 4 is 0 Å². The van der Waals surface area contributed by atoms with E-state index in [9.17, 15) is 0 Å². The van der Waals surface area contributed by atoms with E-state index >= 15 is 0 Å². The summed E-state index contributed by atoms with van der Waals surface area (Å²) in [6.45, 7) is 11.1. The maximum absolute atomic E-state index is 4.16. The smallest absolute Gasteiger partial charge is 0.0157 e. The van der Waals surface area contributed by atoms with Gasteiger partial charge >= 0.3 is 0 Å². The molecule has 0 amide bonds. The third kappa shape index (κ3) is 2.08. The molecule has 1 atom stereocenters. The zero-order valence-corrected chi connectivity index (χ0v) is 8.11. The average molecular weight is 152 g/mol. The molecule has 0 N–H and O–H groups in total. The van der Waals surface area contributed by atoms with Gasteiger partial charge in [-0.2, -0.15) is 0 Å². The van der Waals surface area contributed by atoms with Crippen molar-refractivity contribution < 1.29 is 0 Å². The van der Waals surface area contributed by atoms with Gasteiger partial charge in [0.25, 0.3) is 0 Å². The predicted molar refractivity (Wildman–Crippen MR) is 50.6 cm³/mol. The van der Waals surface area contributed by atoms with Crippen molar-refractivity contribution in [2.24, 2.45) is 11.3 Å². The number of allylic oxidation sites excluding steroid dienone is 1. The van der Waals surface area contributed by atoms with Crippen molar-refractivity contribution in [3.05, 3.63) is 12.2 Å². The van der Waals surface area contributed by atoms with Gasteiger partial charge in [0.1, 0.15) is 0 Å². The van der Waals surface area contributed by atoms with Crippen molar-refractivity contribution in [3.8, 4) is 0 Å². The van der Waals surface area contributed by atoms with Crippen LogP contribution in [0.25, 0.3) is 0 Å². The number of hydrogen-bond acceptors (Lipinski definition) is 0. The third-order valence-electron chi connectivity index (χ3n) is 2.78. The van der Waals surface area contributed by atoms with E-state index in [1.807, 2.05) is 0 Å². The first-order valence-electron chi connectivity index (χ1n) is 4.69. The molecule has 64 valence electrons. The lowest BCUT2D eigenvalue weighted by Crippen LogP contribution is -2.24. The first kappa shape index (κ1) is 8.83. The highest BCUT2D eigenvalue weighted by Gasteiger charge is 2.28. The minimum Gasteiger partial charge on any atom is -0.0996 e. The third-order valence-corrected chi connectivity index (χ3v) is 2.78. The van der Waals surface area contributed by atoms with Crippen molar-refractivity contribution in [1.29, 1.82) is 0 Å². The van der Waals surface area contributed by atoms with Crippen LogP contribution < -0.4 is 0 Å². The van der Waals surface area contributed by atoms with Crippen LogP contribution in [-0.2, 0) is 0 Å². The molecule has 0 radical (unpaired) electrons. The standard InChI is InChI=1S/C11H20/c1-9-7-5-6-8-10(9)11(2,3)4/h10H,1,5-8H2,2-4H3/t10-/m1/s1. The fourth-order valence-electron chi connectivity index (χ4n) is 2.12. The van der Waals surface area contributed by atoms with Crippen molar-refractivity contribution in [2.75, 3.05) is 0 Å². The SMILES string of the molecule is C=C1CCCC[C@H]1C(C)(C)C. The van der Waals surface area contributed by atoms with Crippen LogP contribution in [0.1, 0.15) is 46.5 Å². The van der Waals surface area contributed by atoms with Gasteiger partial charge in [-0.25, -0.2) is 0 Å². The maximum atomic E-state index is 4.16. The van der Waals surface area contributed by atoms with Crippen LogP contribution in [0.5, 0.6) is 0 Å². The average Bonchev–Trinajstić information content (AvgIpc) is 1.86. The second kappa shape index (κ2) is 3.00. The summed E-state index contributed by atoms with van der Waals surface area (Å²) in [5.74, 6) is 0.774. The van der Waals surface area contributed by atoms with Gasteiger partial charge in [-0.1, -0.05) is 39.3 Å². The minimum absolute atomic E-state index is 0.442. The Balaban J connectivity index is 2.62. The van der Waals surface area contributed by atoms with E-state index in [4.69, 9.17) is 0 Å². The molecular formula is C11H20. The van der Waals surface area contributed by atoms with Gasteiger partial charge in [0.15, 0.2) is 0 Å². The zero-order chi connectivity index (χ0) is 8.48. The highest BCUT2D eigenvalue weighted by molar-refractivity contribution is 5.07. The highest BCUT2D eigenvalue weighted by Crippen LogP contribution is 2.40. The maximum Gasteiger partial charge on any atom is -0.0157 e. The quantitative estimate of drug-likeness (QED) is 0.463. The van der Waals surface area contributed by atoms with Crippen LogP contribution in [0.15, 0.2) is 12.2 Å². The predicted octanol–water partition coefficient (Wildman–Crippen LogP) is 3.78. The van der Waals surface area contributed by atoms with Gasteiger partial charge in [0, 0.05) is 0 Å². The summed E-state index contributed by atoms with van der Waals surface area (Å²) in [6.07, 6.45) is 5.40. The lowest BCUT2D eigenvalue weighted by molar-refractivity contribution is 0.236. The Labute approximate surface area is 70.7 Å². The Hall–Kier alpha value is -0.260. The van der Waals surface area contributed by atoms with Crippen LogP contribution in [0.3, 0.4) is 0 Å². The molecule has 0 saturated heterocycles. The lowest BCUT2D eigenvalue weighted by atomic mass is 9.70. The van der Waals surface area contributed by atoms with Gasteiger partial charge < -0.3 is 0 Å². The summed E-state index contributed by atoms with van der Waals surface area (Å²) in [5, 5.41) is 0. The molecule has 0 aromatic heterocycles. The molecule has 1 saturated carbocycles. The normalized spacial score (nSPS) is 27.2. The van der Waals surface area contributed by atoms with Crippen LogP contribution in [-0.4, -0.2) is 0 Å². The van der Waals surface area contributed by atoms with Gasteiger partial charge in [0.05, 0.1) is 0 Å². The fourth-order valence-corrected chi connectivity index (χ4v) is 2.12. The molecule has 0 bridgehead atoms. The molecule has 1 aliphatic rings. The Kier molecular flexibility index (Phi) is 2.41. The Bertz CT molecular complexity index is 148. The van der Waals surface area contributed by atoms with Gasteiger partial charge in [-0.3, -0.25) is 0 Å². The summed E-state index contributed by atoms with van der Waals surface area (Å²) in [5.41, 5.74) is 1.93. The lowest BCUT2D eigenvalue weighted by Gasteiger charge is -2.35. The van der Waals surface area contributed by atoms with Crippen LogP contribution in [0.4, 0.5) is 0 Å². The molecule has 1 rings (SSSR count). The monoisotopic (exact) mass is 152 g/mol. The molecule has 11 heavy (non-hydrogen) atoms. The molecule has 0 aliphatic heterocycles. The molecule has 0 aromatic rings. The highest BCUT2D eigenvalue weighted by atomic mass is 14.3. The number of rotatable bonds is 0. The van der Waals surface area contributed by atoms with E-state index in [-0.39, 0.29) is 0 Å². The Morgan fingerprint density at radius 1 is 1.27 bits per heavy atom. The molecule has 0 heterocycles. The van der Waals surface area contributed by atoms with E-state index in [0.29, 0.717) is 5.41 Å². The van der Waals surface area contributed by atoms with Crippen LogP contribution >= 0.6 is 0 Å². The van der Waals surface area contributed by atoms with E-state index in [1.165, 1.54) is 31.3 Å². The minimum atomic E-state index is 0.442. The summed E-state index contributed by atoms with van der Waals surface area (Å²) in [7, 11) is 0. The molecule has 1 aliphatic carbocycles. The molecule has 0 aromatic carbocycles. The molecular weight excluding hydrogens is 132 g/mol. The summed E-state index contributed by atoms with van der Waals surface area (Å²) < 4.78 is 0. The van der Waals surface area contributed by atoms with Gasteiger partial charge in [-0.15, -0.1) is 0 Å². The molecule has 0 nitrogen and oxygen atoms in total. The summed E-state index contributed by atoms with van der Waals surface area (Å²) >= 11 is 0. The first-order valence-corrected chi connectivity index (χ1v) is 4.69. The molecule has 0 unspecified atom stereocenters. The molecule has 0 spiro atoms. The zero-order valence-electron chi connectivity index (χ0n) is 8.11. The largest absolute Gasteiger partial charge is 0.0996 e. The van der Waals surface area contributed by atoms with E-state index in [2.05, 4.69) is 27.4 Å². The van der Waals surface area contributed by atoms with E-state index in [0.717, 1.165) is 5.92 Å². The van der Waals surface area contributed by atoms with Crippen LogP contribution in [0.2, 0.25) is 0 Å². The van der Waals surface area contributed by atoms with Crippen molar-refractivity contribution in [2.45, 2.75) is 46.5 Å². The molecule has 1 fully saturated rings. The van der Waals surface area contributed by atoms with Crippen molar-refractivity contribution in [1.82, 2.24) is 0 Å². The summed E-state index contributed by atoms with van der Waals surface area (Å²) in [6, 6.07) is 0. The van der Waals surface area contributed by atoms with Gasteiger partial charge in [-0.05, 0) is 30.6 Å². The second-order valence-electron chi connectivity index (χ2n) is 4.82. The van der Waals surface area contributed by atoms with Crippen molar-refractivity contribution in [3.63, 3.8) is 0 Å². The Morgan fingerprint density at radius 2 is 1.91 bits per heavy atom. The van der Waals surface area contributed by atoms with E-state index < -0.39 is 0 Å². The number of hydrogen-bond donors (Lipinski definition) is 0. The van der Waals surface area contributed by atoms with E-state index in [1.54, 1.807) is 0 Å². The topological polar surface area (TPSA) is 0 Å². The Morgan fingerprint density at radius 3 is 2.27 bits per heavy atom. The first-order chi connectivity index (χ1) is 5.02. The summed E-state index contributed by atoms with van der Waals surface area (Å²) in [4.78, 5) is 0.